The average molecular weight is 364 g/mol. The Bertz CT molecular complexity index is 811. The topological polar surface area (TPSA) is 28.2 Å². The van der Waals surface area contributed by atoms with Crippen LogP contribution in [0.15, 0.2) is 48.8 Å². The molecule has 3 nitrogen and oxygen atoms in total. The van der Waals surface area contributed by atoms with Crippen LogP contribution in [0, 0.1) is 12.8 Å². The lowest BCUT2D eigenvalue weighted by atomic mass is 9.63. The Labute approximate surface area is 160 Å². The van der Waals surface area contributed by atoms with E-state index in [1.165, 1.54) is 29.5 Å². The van der Waals surface area contributed by atoms with Gasteiger partial charge in [0, 0.05) is 35.8 Å². The Morgan fingerprint density at radius 1 is 1.19 bits per heavy atom. The standard InChI is InChI=1S/C22H25N3S/c1-15-4-6-17(7-5-15)21(26)22-19(18-3-2-10-23-13-18)14-24-20(22)16-8-11-25(22)12-9-16/h2-7,10,13,16,19-20,24H,8-9,11-12,14H2,1H3. The second-order valence-corrected chi connectivity index (χ2v) is 8.48. The molecule has 1 N–H and O–H groups in total. The highest BCUT2D eigenvalue weighted by Gasteiger charge is 2.63. The number of nitrogens with zero attached hydrogens (tertiary/aromatic N) is 2. The molecule has 4 aliphatic rings. The molecule has 4 fully saturated rings. The van der Waals surface area contributed by atoms with Crippen molar-refractivity contribution in [2.75, 3.05) is 19.6 Å². The van der Waals surface area contributed by atoms with E-state index >= 15 is 0 Å². The maximum Gasteiger partial charge on any atom is 0.0807 e. The van der Waals surface area contributed by atoms with Crippen LogP contribution in [0.2, 0.25) is 0 Å². The summed E-state index contributed by atoms with van der Waals surface area (Å²) in [6.07, 6.45) is 6.48. The molecular weight excluding hydrogens is 338 g/mol. The van der Waals surface area contributed by atoms with Gasteiger partial charge in [-0.25, -0.2) is 0 Å². The van der Waals surface area contributed by atoms with E-state index in [-0.39, 0.29) is 5.54 Å². The van der Waals surface area contributed by atoms with E-state index in [9.17, 15) is 0 Å². The van der Waals surface area contributed by atoms with E-state index in [2.05, 4.69) is 58.5 Å². The molecule has 6 rings (SSSR count). The first kappa shape index (κ1) is 16.5. The number of hydrogen-bond acceptors (Lipinski definition) is 4. The molecule has 0 saturated carbocycles. The van der Waals surface area contributed by atoms with Crippen molar-refractivity contribution in [3.05, 3.63) is 65.5 Å². The van der Waals surface area contributed by atoms with Gasteiger partial charge in [0.25, 0.3) is 0 Å². The van der Waals surface area contributed by atoms with Gasteiger partial charge in [0.1, 0.15) is 0 Å². The second-order valence-electron chi connectivity index (χ2n) is 8.07. The van der Waals surface area contributed by atoms with Gasteiger partial charge in [0.15, 0.2) is 0 Å². The first-order valence-electron chi connectivity index (χ1n) is 9.71. The van der Waals surface area contributed by atoms with Gasteiger partial charge in [-0.2, -0.15) is 0 Å². The van der Waals surface area contributed by atoms with Crippen molar-refractivity contribution in [1.29, 1.82) is 0 Å². The number of benzene rings is 1. The Morgan fingerprint density at radius 3 is 2.65 bits per heavy atom. The summed E-state index contributed by atoms with van der Waals surface area (Å²) >= 11 is 6.25. The van der Waals surface area contributed by atoms with E-state index in [4.69, 9.17) is 12.2 Å². The highest BCUT2D eigenvalue weighted by atomic mass is 32.1. The van der Waals surface area contributed by atoms with Gasteiger partial charge in [-0.1, -0.05) is 48.1 Å². The summed E-state index contributed by atoms with van der Waals surface area (Å²) < 4.78 is 0. The quantitative estimate of drug-likeness (QED) is 0.669. The zero-order valence-electron chi connectivity index (χ0n) is 15.2. The van der Waals surface area contributed by atoms with Crippen molar-refractivity contribution < 1.29 is 0 Å². The summed E-state index contributed by atoms with van der Waals surface area (Å²) in [6.45, 7) is 5.43. The third-order valence-electron chi connectivity index (χ3n) is 6.85. The lowest BCUT2D eigenvalue weighted by Gasteiger charge is -2.58. The Hall–Kier alpha value is -1.62. The molecule has 5 heterocycles. The fourth-order valence-electron chi connectivity index (χ4n) is 5.65. The molecular formula is C22H25N3S. The maximum absolute atomic E-state index is 6.25. The minimum atomic E-state index is -0.102. The van der Waals surface area contributed by atoms with Crippen molar-refractivity contribution in [3.8, 4) is 0 Å². The summed E-state index contributed by atoms with van der Waals surface area (Å²) in [7, 11) is 0. The predicted octanol–water partition coefficient (Wildman–Crippen LogP) is 3.33. The first-order valence-corrected chi connectivity index (χ1v) is 10.1. The van der Waals surface area contributed by atoms with Crippen LogP contribution in [0.25, 0.3) is 0 Å². The number of thiocarbonyl (C=S) groups is 1. The van der Waals surface area contributed by atoms with Gasteiger partial charge in [0.05, 0.1) is 5.54 Å². The first-order chi connectivity index (χ1) is 12.7. The largest absolute Gasteiger partial charge is 0.311 e. The zero-order chi connectivity index (χ0) is 17.7. The van der Waals surface area contributed by atoms with Crippen LogP contribution in [0.4, 0.5) is 0 Å². The van der Waals surface area contributed by atoms with E-state index in [0.717, 1.165) is 30.4 Å². The molecule has 0 aliphatic carbocycles. The summed E-state index contributed by atoms with van der Waals surface area (Å²) in [5.41, 5.74) is 3.70. The average Bonchev–Trinajstić information content (AvgIpc) is 3.13. The van der Waals surface area contributed by atoms with E-state index in [0.29, 0.717) is 12.0 Å². The minimum absolute atomic E-state index is 0.102. The number of aryl methyl sites for hydroxylation is 1. The van der Waals surface area contributed by atoms with E-state index in [1.54, 1.807) is 0 Å². The Balaban J connectivity index is 1.66. The van der Waals surface area contributed by atoms with Crippen LogP contribution in [-0.4, -0.2) is 46.0 Å². The molecule has 0 radical (unpaired) electrons. The predicted molar refractivity (Wildman–Crippen MR) is 109 cm³/mol. The summed E-state index contributed by atoms with van der Waals surface area (Å²) in [5, 5.41) is 3.88. The van der Waals surface area contributed by atoms with Crippen molar-refractivity contribution in [2.45, 2.75) is 37.3 Å². The Morgan fingerprint density at radius 2 is 1.96 bits per heavy atom. The number of fused-ring (bicyclic) bond motifs is 2. The highest BCUT2D eigenvalue weighted by Crippen LogP contribution is 2.52. The monoisotopic (exact) mass is 363 g/mol. The van der Waals surface area contributed by atoms with Gasteiger partial charge >= 0.3 is 0 Å². The van der Waals surface area contributed by atoms with Crippen LogP contribution in [0.5, 0.6) is 0 Å². The molecule has 0 amide bonds. The fourth-order valence-corrected chi connectivity index (χ4v) is 6.19. The van der Waals surface area contributed by atoms with E-state index < -0.39 is 0 Å². The van der Waals surface area contributed by atoms with Crippen molar-refractivity contribution in [3.63, 3.8) is 0 Å². The number of piperidine rings is 3. The number of nitrogens with one attached hydrogen (secondary N) is 1. The molecule has 4 aliphatic heterocycles. The normalized spacial score (nSPS) is 35.3. The molecule has 3 unspecified atom stereocenters. The number of pyridine rings is 1. The number of hydrogen-bond donors (Lipinski definition) is 1. The number of aromatic nitrogens is 1. The molecule has 4 saturated heterocycles. The number of rotatable bonds is 3. The molecule has 26 heavy (non-hydrogen) atoms. The summed E-state index contributed by atoms with van der Waals surface area (Å²) in [5.74, 6) is 1.09. The van der Waals surface area contributed by atoms with Gasteiger partial charge in [-0.05, 0) is 56.0 Å². The molecule has 1 aromatic heterocycles. The van der Waals surface area contributed by atoms with Crippen LogP contribution in [-0.2, 0) is 0 Å². The SMILES string of the molecule is Cc1ccc(C(=S)C23C(c4cccnc4)CNC2C2CCN3CC2)cc1. The van der Waals surface area contributed by atoms with Crippen molar-refractivity contribution in [2.24, 2.45) is 5.92 Å². The van der Waals surface area contributed by atoms with Gasteiger partial charge in [-0.15, -0.1) is 0 Å². The molecule has 134 valence electrons. The lowest BCUT2D eigenvalue weighted by Crippen LogP contribution is -2.72. The molecule has 2 bridgehead atoms. The minimum Gasteiger partial charge on any atom is -0.311 e. The van der Waals surface area contributed by atoms with Crippen LogP contribution < -0.4 is 5.32 Å². The highest BCUT2D eigenvalue weighted by molar-refractivity contribution is 7.81. The molecule has 4 heteroatoms. The van der Waals surface area contributed by atoms with Crippen LogP contribution in [0.1, 0.15) is 35.4 Å². The van der Waals surface area contributed by atoms with E-state index in [1.807, 2.05) is 12.4 Å². The third-order valence-corrected chi connectivity index (χ3v) is 7.41. The molecule has 1 aromatic carbocycles. The van der Waals surface area contributed by atoms with Gasteiger partial charge in [-0.3, -0.25) is 9.88 Å². The Kier molecular flexibility index (Phi) is 3.96. The summed E-state index contributed by atoms with van der Waals surface area (Å²) in [4.78, 5) is 8.22. The van der Waals surface area contributed by atoms with Crippen LogP contribution in [0.3, 0.4) is 0 Å². The summed E-state index contributed by atoms with van der Waals surface area (Å²) in [6, 6.07) is 13.5. The van der Waals surface area contributed by atoms with Gasteiger partial charge in [0.2, 0.25) is 0 Å². The van der Waals surface area contributed by atoms with Crippen molar-refractivity contribution in [1.82, 2.24) is 15.2 Å². The van der Waals surface area contributed by atoms with Crippen LogP contribution >= 0.6 is 12.2 Å². The third kappa shape index (κ3) is 2.25. The van der Waals surface area contributed by atoms with Gasteiger partial charge < -0.3 is 5.32 Å². The van der Waals surface area contributed by atoms with Crippen molar-refractivity contribution >= 4 is 17.1 Å². The smallest absolute Gasteiger partial charge is 0.0807 e. The maximum atomic E-state index is 6.25. The fraction of sp³-hybridized carbons (Fsp3) is 0.455. The molecule has 0 spiro atoms. The molecule has 2 aromatic rings. The molecule has 3 atom stereocenters. The second kappa shape index (κ2) is 6.22. The zero-order valence-corrected chi connectivity index (χ0v) is 16.0. The lowest BCUT2D eigenvalue weighted by molar-refractivity contribution is -0.00444.